The number of aromatic nitrogens is 1. The van der Waals surface area contributed by atoms with Crippen molar-refractivity contribution in [3.05, 3.63) is 51.7 Å². The Morgan fingerprint density at radius 1 is 1.27 bits per heavy atom. The maximum Gasteiger partial charge on any atom is 0.273 e. The number of hydrogen-bond donors (Lipinski definition) is 0. The molecule has 3 heterocycles. The van der Waals surface area contributed by atoms with Crippen LogP contribution < -0.4 is 0 Å². The van der Waals surface area contributed by atoms with E-state index in [-0.39, 0.29) is 17.8 Å². The van der Waals surface area contributed by atoms with Gasteiger partial charge in [-0.05, 0) is 57.7 Å². The van der Waals surface area contributed by atoms with Crippen LogP contribution in [0.25, 0.3) is 0 Å². The molecule has 5 nitrogen and oxygen atoms in total. The molecule has 1 aromatic carbocycles. The quantitative estimate of drug-likeness (QED) is 0.662. The molecule has 2 fully saturated rings. The molecule has 2 saturated heterocycles. The van der Waals surface area contributed by atoms with Crippen molar-refractivity contribution in [2.75, 3.05) is 32.8 Å². The molecule has 1 amide bonds. The van der Waals surface area contributed by atoms with Gasteiger partial charge in [0.05, 0.1) is 11.1 Å². The molecule has 162 valence electrons. The molecule has 2 aliphatic rings. The highest BCUT2D eigenvalue weighted by molar-refractivity contribution is 7.09. The average Bonchev–Trinajstić information content (AvgIpc) is 3.42. The number of piperidine rings is 1. The summed E-state index contributed by atoms with van der Waals surface area (Å²) in [5, 5.41) is 2.77. The van der Waals surface area contributed by atoms with E-state index in [0.29, 0.717) is 24.7 Å². The van der Waals surface area contributed by atoms with Crippen molar-refractivity contribution in [1.82, 2.24) is 14.8 Å². The standard InChI is InChI=1S/C23H30FN3O2S/c1-17-25-22(16-30-17)23(28)27(15-20-6-4-12-29-20)13-18-8-10-26(11-9-18)14-19-5-2-3-7-21(19)24/h2-3,5,7,16,18,20H,4,6,8-15H2,1H3/t20-/m1/s1. The maximum atomic E-state index is 14.0. The molecular formula is C23H30FN3O2S. The van der Waals surface area contributed by atoms with Gasteiger partial charge >= 0.3 is 0 Å². The summed E-state index contributed by atoms with van der Waals surface area (Å²) in [5.74, 6) is 0.335. The number of amides is 1. The zero-order chi connectivity index (χ0) is 20.9. The zero-order valence-electron chi connectivity index (χ0n) is 17.6. The molecule has 0 radical (unpaired) electrons. The molecule has 4 rings (SSSR count). The van der Waals surface area contributed by atoms with E-state index in [4.69, 9.17) is 4.74 Å². The summed E-state index contributed by atoms with van der Waals surface area (Å²) in [6.07, 6.45) is 4.24. The van der Waals surface area contributed by atoms with E-state index in [0.717, 1.165) is 62.5 Å². The summed E-state index contributed by atoms with van der Waals surface area (Å²) in [4.78, 5) is 21.8. The lowest BCUT2D eigenvalue weighted by Crippen LogP contribution is -2.43. The van der Waals surface area contributed by atoms with Crippen LogP contribution in [0.5, 0.6) is 0 Å². The maximum absolute atomic E-state index is 14.0. The smallest absolute Gasteiger partial charge is 0.273 e. The van der Waals surface area contributed by atoms with Gasteiger partial charge in [0, 0.05) is 37.2 Å². The van der Waals surface area contributed by atoms with E-state index in [1.54, 1.807) is 6.07 Å². The van der Waals surface area contributed by atoms with Gasteiger partial charge in [-0.25, -0.2) is 9.37 Å². The Bertz CT molecular complexity index is 844. The molecule has 0 unspecified atom stereocenters. The van der Waals surface area contributed by atoms with Gasteiger partial charge in [0.25, 0.3) is 5.91 Å². The molecule has 2 aliphatic heterocycles. The van der Waals surface area contributed by atoms with Gasteiger partial charge in [0.2, 0.25) is 0 Å². The highest BCUT2D eigenvalue weighted by Gasteiger charge is 2.28. The number of rotatable bonds is 7. The Morgan fingerprint density at radius 2 is 2.07 bits per heavy atom. The molecular weight excluding hydrogens is 401 g/mol. The van der Waals surface area contributed by atoms with Crippen molar-refractivity contribution < 1.29 is 13.9 Å². The van der Waals surface area contributed by atoms with E-state index in [2.05, 4.69) is 9.88 Å². The molecule has 0 N–H and O–H groups in total. The monoisotopic (exact) mass is 431 g/mol. The number of benzene rings is 1. The number of carbonyl (C=O) groups is 1. The highest BCUT2D eigenvalue weighted by atomic mass is 32.1. The topological polar surface area (TPSA) is 45.7 Å². The first kappa shape index (κ1) is 21.4. The lowest BCUT2D eigenvalue weighted by molar-refractivity contribution is 0.0440. The normalized spacial score (nSPS) is 20.5. The van der Waals surface area contributed by atoms with Crippen molar-refractivity contribution in [2.45, 2.75) is 45.3 Å². The van der Waals surface area contributed by atoms with Crippen molar-refractivity contribution in [1.29, 1.82) is 0 Å². The fourth-order valence-corrected chi connectivity index (χ4v) is 4.99. The largest absolute Gasteiger partial charge is 0.376 e. The van der Waals surface area contributed by atoms with Gasteiger partial charge in [-0.15, -0.1) is 11.3 Å². The second-order valence-corrected chi connectivity index (χ2v) is 9.47. The van der Waals surface area contributed by atoms with E-state index in [1.165, 1.54) is 17.4 Å². The predicted octanol–water partition coefficient (Wildman–Crippen LogP) is 4.12. The van der Waals surface area contributed by atoms with Gasteiger partial charge in [0.15, 0.2) is 0 Å². The van der Waals surface area contributed by atoms with Crippen LogP contribution in [0.1, 0.15) is 46.7 Å². The molecule has 7 heteroatoms. The second-order valence-electron chi connectivity index (χ2n) is 8.41. The number of thiazole rings is 1. The minimum atomic E-state index is -0.133. The number of ether oxygens (including phenoxy) is 1. The number of nitrogens with zero attached hydrogens (tertiary/aromatic N) is 3. The molecule has 0 aliphatic carbocycles. The van der Waals surface area contributed by atoms with Crippen LogP contribution in [0.15, 0.2) is 29.6 Å². The van der Waals surface area contributed by atoms with Gasteiger partial charge in [-0.1, -0.05) is 18.2 Å². The molecule has 0 bridgehead atoms. The summed E-state index contributed by atoms with van der Waals surface area (Å²) >= 11 is 1.51. The Labute approximate surface area is 181 Å². The highest BCUT2D eigenvalue weighted by Crippen LogP contribution is 2.23. The first-order chi connectivity index (χ1) is 14.6. The third kappa shape index (κ3) is 5.45. The number of likely N-dealkylation sites (tertiary alicyclic amines) is 1. The second kappa shape index (κ2) is 9.98. The zero-order valence-corrected chi connectivity index (χ0v) is 18.4. The number of carbonyl (C=O) groups excluding carboxylic acids is 1. The van der Waals surface area contributed by atoms with Crippen LogP contribution >= 0.6 is 11.3 Å². The fourth-order valence-electron chi connectivity index (χ4n) is 4.40. The Balaban J connectivity index is 1.34. The number of aryl methyl sites for hydroxylation is 1. The van der Waals surface area contributed by atoms with Crippen LogP contribution in [-0.4, -0.2) is 59.6 Å². The molecule has 0 saturated carbocycles. The van der Waals surface area contributed by atoms with Crippen molar-refractivity contribution in [3.8, 4) is 0 Å². The van der Waals surface area contributed by atoms with Crippen molar-refractivity contribution >= 4 is 17.2 Å². The summed E-state index contributed by atoms with van der Waals surface area (Å²) in [6.45, 7) is 6.60. The van der Waals surface area contributed by atoms with Crippen LogP contribution in [0, 0.1) is 18.7 Å². The van der Waals surface area contributed by atoms with Crippen molar-refractivity contribution in [3.63, 3.8) is 0 Å². The van der Waals surface area contributed by atoms with Crippen LogP contribution in [0.4, 0.5) is 4.39 Å². The fraction of sp³-hybridized carbons (Fsp3) is 0.565. The van der Waals surface area contributed by atoms with Gasteiger partial charge in [-0.3, -0.25) is 9.69 Å². The number of hydrogen-bond acceptors (Lipinski definition) is 5. The van der Waals surface area contributed by atoms with Gasteiger partial charge < -0.3 is 9.64 Å². The minimum Gasteiger partial charge on any atom is -0.376 e. The Morgan fingerprint density at radius 3 is 2.73 bits per heavy atom. The Hall–Kier alpha value is -1.83. The van der Waals surface area contributed by atoms with E-state index >= 15 is 0 Å². The van der Waals surface area contributed by atoms with Crippen LogP contribution in [-0.2, 0) is 11.3 Å². The van der Waals surface area contributed by atoms with E-state index in [9.17, 15) is 9.18 Å². The Kier molecular flexibility index (Phi) is 7.12. The van der Waals surface area contributed by atoms with Gasteiger partial charge in [-0.2, -0.15) is 0 Å². The summed E-state index contributed by atoms with van der Waals surface area (Å²) in [6, 6.07) is 7.00. The molecule has 0 spiro atoms. The first-order valence-corrected chi connectivity index (χ1v) is 11.7. The third-order valence-corrected chi connectivity index (χ3v) is 6.88. The molecule has 30 heavy (non-hydrogen) atoms. The average molecular weight is 432 g/mol. The summed E-state index contributed by atoms with van der Waals surface area (Å²) in [5.41, 5.74) is 1.30. The lowest BCUT2D eigenvalue weighted by Gasteiger charge is -2.35. The van der Waals surface area contributed by atoms with Crippen molar-refractivity contribution in [2.24, 2.45) is 5.92 Å². The third-order valence-electron chi connectivity index (χ3n) is 6.11. The van der Waals surface area contributed by atoms with Gasteiger partial charge in [0.1, 0.15) is 11.5 Å². The van der Waals surface area contributed by atoms with E-state index < -0.39 is 0 Å². The van der Waals surface area contributed by atoms with E-state index in [1.807, 2.05) is 29.3 Å². The van der Waals surface area contributed by atoms with Crippen LogP contribution in [0.2, 0.25) is 0 Å². The molecule has 2 aromatic rings. The molecule has 1 atom stereocenters. The molecule has 1 aromatic heterocycles. The first-order valence-electron chi connectivity index (χ1n) is 10.9. The lowest BCUT2D eigenvalue weighted by atomic mass is 9.95. The minimum absolute atomic E-state index is 0.0173. The SMILES string of the molecule is Cc1nc(C(=O)N(CC2CCN(Cc3ccccc3F)CC2)C[C@H]2CCCO2)cs1. The number of halogens is 1. The summed E-state index contributed by atoms with van der Waals surface area (Å²) < 4.78 is 19.8. The van der Waals surface area contributed by atoms with Crippen LogP contribution in [0.3, 0.4) is 0 Å². The summed E-state index contributed by atoms with van der Waals surface area (Å²) in [7, 11) is 0. The predicted molar refractivity (Wildman–Crippen MR) is 116 cm³/mol.